The van der Waals surface area contributed by atoms with Gasteiger partial charge in [-0.05, 0) is 0 Å². The largest absolute Gasteiger partial charge is 0.369 e. The van der Waals surface area contributed by atoms with Crippen LogP contribution in [0.15, 0.2) is 44.7 Å². The summed E-state index contributed by atoms with van der Waals surface area (Å²) in [4.78, 5) is 10.8. The summed E-state index contributed by atoms with van der Waals surface area (Å²) in [6, 6.07) is 5.31. The number of guanidine groups is 2. The van der Waals surface area contributed by atoms with Gasteiger partial charge in [-0.25, -0.2) is 0 Å². The van der Waals surface area contributed by atoms with E-state index in [9.17, 15) is 10.1 Å². The summed E-state index contributed by atoms with van der Waals surface area (Å²) in [5.74, 6) is -0.636. The van der Waals surface area contributed by atoms with Crippen molar-refractivity contribution in [3.05, 3.63) is 45.5 Å². The summed E-state index contributed by atoms with van der Waals surface area (Å²) in [7, 11) is 0. The third kappa shape index (κ3) is 2.82. The van der Waals surface area contributed by atoms with Crippen LogP contribution in [0.5, 0.6) is 0 Å². The molecular weight excluding hydrogens is 290 g/mol. The molecule has 22 heavy (non-hydrogen) atoms. The molecule has 11 heteroatoms. The van der Waals surface area contributed by atoms with E-state index < -0.39 is 11.0 Å². The number of fused-ring (bicyclic) bond motifs is 1. The van der Waals surface area contributed by atoms with Crippen molar-refractivity contribution in [1.82, 2.24) is 0 Å². The molecule has 11 nitrogen and oxygen atoms in total. The normalized spacial score (nSPS) is 19.7. The highest BCUT2D eigenvalue weighted by atomic mass is 16.6. The van der Waals surface area contributed by atoms with E-state index in [4.69, 9.17) is 22.9 Å². The van der Waals surface area contributed by atoms with E-state index in [2.05, 4.69) is 20.4 Å². The first-order chi connectivity index (χ1) is 10.4. The van der Waals surface area contributed by atoms with Crippen molar-refractivity contribution < 1.29 is 4.92 Å². The Morgan fingerprint density at radius 3 is 1.68 bits per heavy atom. The van der Waals surface area contributed by atoms with E-state index >= 15 is 0 Å². The third-order valence-electron chi connectivity index (χ3n) is 2.75. The van der Waals surface area contributed by atoms with Gasteiger partial charge in [0.25, 0.3) is 0 Å². The maximum absolute atomic E-state index is 11.4. The van der Waals surface area contributed by atoms with Crippen LogP contribution in [0.4, 0.5) is 0 Å². The molecule has 0 saturated heterocycles. The molecule has 0 saturated carbocycles. The fourth-order valence-corrected chi connectivity index (χ4v) is 1.99. The Kier molecular flexibility index (Phi) is 3.97. The van der Waals surface area contributed by atoms with Crippen molar-refractivity contribution in [2.24, 2.45) is 43.3 Å². The highest BCUT2D eigenvalue weighted by molar-refractivity contribution is 6.32. The quantitative estimate of drug-likeness (QED) is 0.222. The minimum Gasteiger partial charge on any atom is -0.369 e. The second-order valence-electron chi connectivity index (χ2n) is 4.25. The molecule has 0 aliphatic heterocycles. The Morgan fingerprint density at radius 1 is 0.955 bits per heavy atom. The van der Waals surface area contributed by atoms with Crippen molar-refractivity contribution in [3.8, 4) is 0 Å². The van der Waals surface area contributed by atoms with Crippen molar-refractivity contribution in [3.63, 3.8) is 0 Å². The molecule has 1 aromatic rings. The molecule has 0 heterocycles. The summed E-state index contributed by atoms with van der Waals surface area (Å²) in [6.45, 7) is 0. The molecule has 1 aromatic carbocycles. The Morgan fingerprint density at radius 2 is 1.36 bits per heavy atom. The number of nitrogens with two attached hydrogens (primary N) is 4. The van der Waals surface area contributed by atoms with Gasteiger partial charge in [-0.15, -0.1) is 20.4 Å². The van der Waals surface area contributed by atoms with Crippen LogP contribution in [0.25, 0.3) is 0 Å². The first-order valence-corrected chi connectivity index (χ1v) is 5.98. The maximum atomic E-state index is 11.4. The molecule has 0 aromatic heterocycles. The molecule has 0 spiro atoms. The number of rotatable bonds is 3. The topological polar surface area (TPSA) is 197 Å². The predicted molar refractivity (Wildman–Crippen MR) is 81.9 cm³/mol. The minimum atomic E-state index is -1.37. The van der Waals surface area contributed by atoms with Gasteiger partial charge >= 0.3 is 6.04 Å². The molecule has 2 rings (SSSR count). The molecule has 8 N–H and O–H groups in total. The van der Waals surface area contributed by atoms with Gasteiger partial charge in [-0.1, -0.05) is 24.3 Å². The lowest BCUT2D eigenvalue weighted by atomic mass is 10.1. The fraction of sp³-hybridized carbons (Fsp3) is 0.0909. The van der Waals surface area contributed by atoms with Crippen LogP contribution in [-0.2, 0) is 0 Å². The van der Waals surface area contributed by atoms with E-state index in [0.29, 0.717) is 11.1 Å². The lowest BCUT2D eigenvalue weighted by molar-refractivity contribution is -0.483. The van der Waals surface area contributed by atoms with Gasteiger partial charge in [0.15, 0.2) is 11.4 Å². The molecule has 0 atom stereocenters. The van der Waals surface area contributed by atoms with E-state index in [1.807, 2.05) is 0 Å². The first kappa shape index (κ1) is 14.9. The Balaban J connectivity index is 2.68. The summed E-state index contributed by atoms with van der Waals surface area (Å²) >= 11 is 0. The van der Waals surface area contributed by atoms with Gasteiger partial charge in [0.05, 0.1) is 0 Å². The second kappa shape index (κ2) is 5.87. The van der Waals surface area contributed by atoms with E-state index in [0.717, 1.165) is 0 Å². The molecule has 0 bridgehead atoms. The predicted octanol–water partition coefficient (Wildman–Crippen LogP) is -1.70. The summed E-state index contributed by atoms with van der Waals surface area (Å²) < 4.78 is 0. The summed E-state index contributed by atoms with van der Waals surface area (Å²) in [5.41, 5.74) is 21.9. The van der Waals surface area contributed by atoms with Gasteiger partial charge in [-0.2, -0.15) is 0 Å². The molecule has 0 fully saturated rings. The van der Waals surface area contributed by atoms with Crippen molar-refractivity contribution in [2.75, 3.05) is 0 Å². The lowest BCUT2D eigenvalue weighted by Gasteiger charge is -2.02. The maximum Gasteiger partial charge on any atom is 0.301 e. The molecule has 1 aliphatic rings. The number of nitro groups is 1. The Hall–Kier alpha value is -3.50. The van der Waals surface area contributed by atoms with Gasteiger partial charge in [0.2, 0.25) is 11.9 Å². The average Bonchev–Trinajstić information content (AvgIpc) is 2.77. The SMILES string of the molecule is NC(N)=NN=C1c2ccccc2C(=NN=C(N)N)C1[N+](=O)[O-]. The van der Waals surface area contributed by atoms with E-state index in [1.54, 1.807) is 24.3 Å². The molecule has 0 unspecified atom stereocenters. The smallest absolute Gasteiger partial charge is 0.301 e. The Bertz CT molecular complexity index is 672. The van der Waals surface area contributed by atoms with Crippen molar-refractivity contribution >= 4 is 23.3 Å². The summed E-state index contributed by atoms with van der Waals surface area (Å²) in [6.07, 6.45) is 0. The number of benzene rings is 1. The van der Waals surface area contributed by atoms with Gasteiger partial charge in [0.1, 0.15) is 0 Å². The molecule has 0 amide bonds. The third-order valence-corrected chi connectivity index (χ3v) is 2.75. The van der Waals surface area contributed by atoms with Gasteiger partial charge in [0, 0.05) is 16.1 Å². The Labute approximate surface area is 124 Å². The van der Waals surface area contributed by atoms with Gasteiger partial charge < -0.3 is 22.9 Å². The molecule has 0 radical (unpaired) electrons. The molecule has 1 aliphatic carbocycles. The van der Waals surface area contributed by atoms with Crippen LogP contribution >= 0.6 is 0 Å². The van der Waals surface area contributed by atoms with Crippen LogP contribution in [0.2, 0.25) is 0 Å². The standard InChI is InChI=1S/C11H13N9O2/c12-10(13)18-16-7-5-3-1-2-4-6(5)8(9(7)20(21)22)17-19-11(14)15/h1-4,9H,(H4,12,13,18)(H4,14,15,19). The molecule has 114 valence electrons. The minimum absolute atomic E-state index is 0.0542. The van der Waals surface area contributed by atoms with Crippen LogP contribution in [-0.4, -0.2) is 34.3 Å². The zero-order chi connectivity index (χ0) is 16.3. The highest BCUT2D eigenvalue weighted by Gasteiger charge is 2.44. The van der Waals surface area contributed by atoms with E-state index in [1.165, 1.54) is 0 Å². The number of hydrogen-bond donors (Lipinski definition) is 4. The first-order valence-electron chi connectivity index (χ1n) is 5.98. The highest BCUT2D eigenvalue weighted by Crippen LogP contribution is 2.26. The number of hydrogen-bond acceptors (Lipinski definition) is 6. The molecular formula is C11H13N9O2. The van der Waals surface area contributed by atoms with Crippen LogP contribution < -0.4 is 22.9 Å². The zero-order valence-corrected chi connectivity index (χ0v) is 11.2. The second-order valence-corrected chi connectivity index (χ2v) is 4.25. The average molecular weight is 303 g/mol. The van der Waals surface area contributed by atoms with Crippen LogP contribution in [0.1, 0.15) is 11.1 Å². The van der Waals surface area contributed by atoms with Gasteiger partial charge in [-0.3, -0.25) is 10.1 Å². The lowest BCUT2D eigenvalue weighted by Crippen LogP contribution is -2.33. The summed E-state index contributed by atoms with van der Waals surface area (Å²) in [5, 5.41) is 25.9. The van der Waals surface area contributed by atoms with Crippen molar-refractivity contribution in [1.29, 1.82) is 0 Å². The fourth-order valence-electron chi connectivity index (χ4n) is 1.99. The van der Waals surface area contributed by atoms with Crippen LogP contribution in [0.3, 0.4) is 0 Å². The van der Waals surface area contributed by atoms with E-state index in [-0.39, 0.29) is 23.3 Å². The van der Waals surface area contributed by atoms with Crippen molar-refractivity contribution in [2.45, 2.75) is 6.04 Å². The monoisotopic (exact) mass is 303 g/mol. The van der Waals surface area contributed by atoms with Crippen LogP contribution in [0, 0.1) is 10.1 Å². The zero-order valence-electron chi connectivity index (χ0n) is 11.2. The number of nitrogens with zero attached hydrogens (tertiary/aromatic N) is 5.